The van der Waals surface area contributed by atoms with E-state index < -0.39 is 10.8 Å². The molecule has 9 heteroatoms. The summed E-state index contributed by atoms with van der Waals surface area (Å²) < 4.78 is 22.0. The molecule has 0 atom stereocenters. The zero-order valence-corrected chi connectivity index (χ0v) is 15.1. The van der Waals surface area contributed by atoms with Crippen LogP contribution in [-0.2, 0) is 6.61 Å². The maximum Gasteiger partial charge on any atom is 0.291 e. The monoisotopic (exact) mass is 396 g/mol. The van der Waals surface area contributed by atoms with Gasteiger partial charge in [0.1, 0.15) is 31.3 Å². The van der Waals surface area contributed by atoms with Crippen LogP contribution in [0.2, 0.25) is 0 Å². The summed E-state index contributed by atoms with van der Waals surface area (Å²) in [7, 11) is 0. The summed E-state index contributed by atoms with van der Waals surface area (Å²) in [5.41, 5.74) is 0.535. The van der Waals surface area contributed by atoms with Gasteiger partial charge in [-0.15, -0.1) is 0 Å². The normalized spacial score (nSPS) is 12.3. The number of fused-ring (bicyclic) bond motifs is 1. The lowest BCUT2D eigenvalue weighted by Crippen LogP contribution is -2.16. The van der Waals surface area contributed by atoms with Crippen LogP contribution in [0.3, 0.4) is 0 Å². The van der Waals surface area contributed by atoms with Gasteiger partial charge < -0.3 is 23.9 Å². The van der Waals surface area contributed by atoms with Crippen molar-refractivity contribution in [3.8, 4) is 17.2 Å². The van der Waals surface area contributed by atoms with E-state index in [-0.39, 0.29) is 18.1 Å². The Morgan fingerprint density at radius 2 is 1.79 bits per heavy atom. The highest BCUT2D eigenvalue weighted by molar-refractivity contribution is 6.02. The van der Waals surface area contributed by atoms with Gasteiger partial charge in [0.2, 0.25) is 0 Å². The fourth-order valence-electron chi connectivity index (χ4n) is 2.71. The number of amides is 1. The third-order valence-corrected chi connectivity index (χ3v) is 4.11. The van der Waals surface area contributed by atoms with Crippen LogP contribution in [0.5, 0.6) is 17.2 Å². The highest BCUT2D eigenvalue weighted by Crippen LogP contribution is 2.32. The second-order valence-electron chi connectivity index (χ2n) is 6.12. The van der Waals surface area contributed by atoms with Gasteiger partial charge in [0.05, 0.1) is 4.92 Å². The summed E-state index contributed by atoms with van der Waals surface area (Å²) >= 11 is 0. The number of carbonyl (C=O) groups excluding carboxylic acids is 1. The molecule has 0 spiro atoms. The summed E-state index contributed by atoms with van der Waals surface area (Å²) in [6.07, 6.45) is 0. The molecule has 1 aliphatic rings. The molecule has 29 heavy (non-hydrogen) atoms. The van der Waals surface area contributed by atoms with Gasteiger partial charge in [-0.25, -0.2) is 0 Å². The number of nitrogens with one attached hydrogen (secondary N) is 1. The van der Waals surface area contributed by atoms with Gasteiger partial charge in [0, 0.05) is 23.9 Å². The van der Waals surface area contributed by atoms with Crippen molar-refractivity contribution in [3.05, 3.63) is 76.2 Å². The van der Waals surface area contributed by atoms with Crippen LogP contribution in [0.4, 0.5) is 11.4 Å². The lowest BCUT2D eigenvalue weighted by Gasteiger charge is -2.18. The topological polar surface area (TPSA) is 113 Å². The van der Waals surface area contributed by atoms with Crippen molar-refractivity contribution in [3.63, 3.8) is 0 Å². The Balaban J connectivity index is 1.35. The van der Waals surface area contributed by atoms with E-state index in [4.69, 9.17) is 18.6 Å². The van der Waals surface area contributed by atoms with E-state index in [0.717, 1.165) is 0 Å². The van der Waals surface area contributed by atoms with Gasteiger partial charge in [0.15, 0.2) is 17.3 Å². The molecule has 1 amide bonds. The first-order valence-electron chi connectivity index (χ1n) is 8.75. The molecule has 0 radical (unpaired) electrons. The smallest absolute Gasteiger partial charge is 0.291 e. The van der Waals surface area contributed by atoms with E-state index in [2.05, 4.69) is 5.32 Å². The Hall–Kier alpha value is -4.01. The van der Waals surface area contributed by atoms with Gasteiger partial charge >= 0.3 is 0 Å². The molecule has 0 saturated heterocycles. The Bertz CT molecular complexity index is 1040. The molecule has 9 nitrogen and oxygen atoms in total. The molecule has 0 saturated carbocycles. The fraction of sp³-hybridized carbons (Fsp3) is 0.150. The number of furan rings is 1. The highest BCUT2D eigenvalue weighted by Gasteiger charge is 2.15. The first kappa shape index (κ1) is 18.4. The second-order valence-corrected chi connectivity index (χ2v) is 6.12. The summed E-state index contributed by atoms with van der Waals surface area (Å²) in [5, 5.41) is 13.4. The van der Waals surface area contributed by atoms with Crippen molar-refractivity contribution in [1.29, 1.82) is 0 Å². The van der Waals surface area contributed by atoms with E-state index in [1.165, 1.54) is 24.3 Å². The van der Waals surface area contributed by atoms with Crippen molar-refractivity contribution in [2.75, 3.05) is 18.5 Å². The number of benzene rings is 2. The van der Waals surface area contributed by atoms with Gasteiger partial charge in [-0.3, -0.25) is 14.9 Å². The number of ether oxygens (including phenoxy) is 3. The maximum atomic E-state index is 12.4. The SMILES string of the molecule is O=C(Nc1ccc2c(c1)OCCO2)c1ccc(COc2ccc([N+](=O)[O-])cc2)o1. The molecule has 2 aromatic carbocycles. The largest absolute Gasteiger partial charge is 0.486 e. The van der Waals surface area contributed by atoms with E-state index in [1.807, 2.05) is 0 Å². The number of hydrogen-bond donors (Lipinski definition) is 1. The van der Waals surface area contributed by atoms with Crippen molar-refractivity contribution in [2.24, 2.45) is 0 Å². The van der Waals surface area contributed by atoms with Crippen molar-refractivity contribution in [2.45, 2.75) is 6.61 Å². The van der Waals surface area contributed by atoms with E-state index in [1.54, 1.807) is 30.3 Å². The van der Waals surface area contributed by atoms with Crippen LogP contribution in [0, 0.1) is 10.1 Å². The minimum Gasteiger partial charge on any atom is -0.486 e. The predicted molar refractivity (Wildman–Crippen MR) is 102 cm³/mol. The highest BCUT2D eigenvalue weighted by atomic mass is 16.6. The number of non-ortho nitro benzene ring substituents is 1. The molecule has 2 heterocycles. The lowest BCUT2D eigenvalue weighted by molar-refractivity contribution is -0.384. The zero-order chi connectivity index (χ0) is 20.2. The Kier molecular flexibility index (Phi) is 5.02. The summed E-state index contributed by atoms with van der Waals surface area (Å²) in [6, 6.07) is 14.0. The van der Waals surface area contributed by atoms with E-state index >= 15 is 0 Å². The van der Waals surface area contributed by atoms with Gasteiger partial charge in [0.25, 0.3) is 11.6 Å². The molecule has 148 valence electrons. The molecule has 0 aliphatic carbocycles. The van der Waals surface area contributed by atoms with Crippen LogP contribution in [-0.4, -0.2) is 24.0 Å². The standard InChI is InChI=1S/C20H16N2O7/c23-20(21-13-1-7-17-19(11-13)27-10-9-26-17)18-8-6-16(29-18)12-28-15-4-2-14(3-5-15)22(24)25/h1-8,11H,9-10,12H2,(H,21,23). The summed E-state index contributed by atoms with van der Waals surface area (Å²) in [4.78, 5) is 22.6. The minimum absolute atomic E-state index is 0.0200. The number of anilines is 1. The maximum absolute atomic E-state index is 12.4. The third kappa shape index (κ3) is 4.29. The van der Waals surface area contributed by atoms with E-state index in [0.29, 0.717) is 41.9 Å². The average molecular weight is 396 g/mol. The zero-order valence-electron chi connectivity index (χ0n) is 15.1. The molecule has 0 bridgehead atoms. The molecule has 3 aromatic rings. The average Bonchev–Trinajstić information content (AvgIpc) is 3.22. The first-order valence-corrected chi connectivity index (χ1v) is 8.75. The third-order valence-electron chi connectivity index (χ3n) is 4.11. The fourth-order valence-corrected chi connectivity index (χ4v) is 2.71. The Morgan fingerprint density at radius 1 is 1.03 bits per heavy atom. The number of nitrogens with zero attached hydrogens (tertiary/aromatic N) is 1. The van der Waals surface area contributed by atoms with Crippen LogP contribution in [0.15, 0.2) is 59.0 Å². The van der Waals surface area contributed by atoms with Crippen LogP contribution in [0.1, 0.15) is 16.3 Å². The van der Waals surface area contributed by atoms with Crippen LogP contribution in [0.25, 0.3) is 0 Å². The van der Waals surface area contributed by atoms with Crippen LogP contribution < -0.4 is 19.5 Å². The first-order chi connectivity index (χ1) is 14.1. The second kappa shape index (κ2) is 7.93. The van der Waals surface area contributed by atoms with Gasteiger partial charge in [-0.1, -0.05) is 0 Å². The minimum atomic E-state index is -0.483. The van der Waals surface area contributed by atoms with Crippen molar-refractivity contribution < 1.29 is 28.3 Å². The molecule has 1 aromatic heterocycles. The molecule has 1 N–H and O–H groups in total. The number of hydrogen-bond acceptors (Lipinski definition) is 7. The van der Waals surface area contributed by atoms with E-state index in [9.17, 15) is 14.9 Å². The number of nitro benzene ring substituents is 1. The number of nitro groups is 1. The number of rotatable bonds is 6. The molecule has 0 fully saturated rings. The summed E-state index contributed by atoms with van der Waals surface area (Å²) in [5.74, 6) is 1.82. The molecule has 0 unspecified atom stereocenters. The Labute approximate surface area is 164 Å². The van der Waals surface area contributed by atoms with Crippen molar-refractivity contribution in [1.82, 2.24) is 0 Å². The Morgan fingerprint density at radius 3 is 2.55 bits per heavy atom. The molecular weight excluding hydrogens is 380 g/mol. The molecule has 4 rings (SSSR count). The van der Waals surface area contributed by atoms with Crippen LogP contribution >= 0.6 is 0 Å². The van der Waals surface area contributed by atoms with Gasteiger partial charge in [-0.05, 0) is 36.4 Å². The predicted octanol–water partition coefficient (Wildman–Crippen LogP) is 3.79. The lowest BCUT2D eigenvalue weighted by atomic mass is 10.2. The molecular formula is C20H16N2O7. The van der Waals surface area contributed by atoms with Crippen molar-refractivity contribution >= 4 is 17.3 Å². The summed E-state index contributed by atoms with van der Waals surface area (Å²) in [6.45, 7) is 1.03. The quantitative estimate of drug-likeness (QED) is 0.498. The number of carbonyl (C=O) groups is 1. The molecule has 1 aliphatic heterocycles. The van der Waals surface area contributed by atoms with Gasteiger partial charge in [-0.2, -0.15) is 0 Å².